The first kappa shape index (κ1) is 9.09. The standard InChI is InChI=1S/C8H9N5/c1-6(11-9)7-4-2-3-5-8(7)12-13-10/h2-5H,9H2,1H3/b11-6+. The molecule has 66 valence electrons. The molecule has 0 aliphatic carbocycles. The van der Waals surface area contributed by atoms with Crippen LogP contribution in [0.25, 0.3) is 10.4 Å². The van der Waals surface area contributed by atoms with Gasteiger partial charge in [-0.15, -0.1) is 0 Å². The molecule has 0 aliphatic rings. The van der Waals surface area contributed by atoms with Crippen LogP contribution < -0.4 is 5.84 Å². The summed E-state index contributed by atoms with van der Waals surface area (Å²) in [5.74, 6) is 5.12. The van der Waals surface area contributed by atoms with Crippen molar-refractivity contribution in [3.05, 3.63) is 40.3 Å². The Bertz CT molecular complexity index is 376. The van der Waals surface area contributed by atoms with Crippen LogP contribution in [0.5, 0.6) is 0 Å². The molecule has 5 heteroatoms. The van der Waals surface area contributed by atoms with E-state index in [1.54, 1.807) is 25.1 Å². The summed E-state index contributed by atoms with van der Waals surface area (Å²) in [6.45, 7) is 1.76. The van der Waals surface area contributed by atoms with E-state index in [1.165, 1.54) is 0 Å². The first-order valence-corrected chi connectivity index (χ1v) is 3.68. The number of nitrogens with zero attached hydrogens (tertiary/aromatic N) is 4. The van der Waals surface area contributed by atoms with E-state index in [9.17, 15) is 0 Å². The lowest BCUT2D eigenvalue weighted by atomic mass is 10.1. The zero-order chi connectivity index (χ0) is 9.68. The maximum Gasteiger partial charge on any atom is 0.0646 e. The third-order valence-corrected chi connectivity index (χ3v) is 1.64. The van der Waals surface area contributed by atoms with Crippen LogP contribution in [0.3, 0.4) is 0 Å². The van der Waals surface area contributed by atoms with E-state index in [2.05, 4.69) is 15.1 Å². The highest BCUT2D eigenvalue weighted by Crippen LogP contribution is 2.19. The van der Waals surface area contributed by atoms with Gasteiger partial charge in [-0.25, -0.2) is 0 Å². The molecule has 5 nitrogen and oxygen atoms in total. The van der Waals surface area contributed by atoms with Crippen LogP contribution in [0.15, 0.2) is 34.5 Å². The first-order chi connectivity index (χ1) is 6.29. The fourth-order valence-corrected chi connectivity index (χ4v) is 0.985. The molecule has 0 saturated carbocycles. The van der Waals surface area contributed by atoms with Gasteiger partial charge >= 0.3 is 0 Å². The van der Waals surface area contributed by atoms with E-state index in [1.807, 2.05) is 6.07 Å². The maximum absolute atomic E-state index is 8.29. The highest BCUT2D eigenvalue weighted by atomic mass is 15.1. The third-order valence-electron chi connectivity index (χ3n) is 1.64. The van der Waals surface area contributed by atoms with Gasteiger partial charge in [-0.2, -0.15) is 5.10 Å². The molecular formula is C8H9N5. The molecule has 0 radical (unpaired) electrons. The minimum absolute atomic E-state index is 0.539. The van der Waals surface area contributed by atoms with E-state index >= 15 is 0 Å². The summed E-state index contributed by atoms with van der Waals surface area (Å²) in [4.78, 5) is 2.71. The molecule has 0 amide bonds. The summed E-state index contributed by atoms with van der Waals surface area (Å²) in [5.41, 5.74) is 10.2. The number of azide groups is 1. The van der Waals surface area contributed by atoms with Crippen LogP contribution in [-0.2, 0) is 0 Å². The van der Waals surface area contributed by atoms with E-state index in [0.29, 0.717) is 11.4 Å². The molecule has 0 fully saturated rings. The van der Waals surface area contributed by atoms with Gasteiger partial charge in [0.2, 0.25) is 0 Å². The van der Waals surface area contributed by atoms with Crippen molar-refractivity contribution >= 4 is 11.4 Å². The molecule has 1 aromatic rings. The molecule has 0 bridgehead atoms. The highest BCUT2D eigenvalue weighted by molar-refractivity contribution is 6.02. The third kappa shape index (κ3) is 1.98. The molecule has 0 aromatic heterocycles. The van der Waals surface area contributed by atoms with Gasteiger partial charge in [0.15, 0.2) is 0 Å². The Hall–Kier alpha value is -2.00. The van der Waals surface area contributed by atoms with Gasteiger partial charge in [0.25, 0.3) is 0 Å². The number of rotatable bonds is 2. The zero-order valence-electron chi connectivity index (χ0n) is 7.18. The van der Waals surface area contributed by atoms with Gasteiger partial charge in [0.1, 0.15) is 0 Å². The van der Waals surface area contributed by atoms with Crippen molar-refractivity contribution in [2.24, 2.45) is 16.1 Å². The fourth-order valence-electron chi connectivity index (χ4n) is 0.985. The topological polar surface area (TPSA) is 87.1 Å². The number of hydrogen-bond donors (Lipinski definition) is 1. The number of nitrogens with two attached hydrogens (primary N) is 1. The van der Waals surface area contributed by atoms with Crippen molar-refractivity contribution in [3.8, 4) is 0 Å². The Kier molecular flexibility index (Phi) is 2.89. The second-order valence-electron chi connectivity index (χ2n) is 2.42. The minimum atomic E-state index is 0.539. The number of hydrogen-bond acceptors (Lipinski definition) is 3. The predicted octanol–water partition coefficient (Wildman–Crippen LogP) is 2.31. The minimum Gasteiger partial charge on any atom is -0.323 e. The summed E-state index contributed by atoms with van der Waals surface area (Å²) >= 11 is 0. The van der Waals surface area contributed by atoms with Crippen LogP contribution >= 0.6 is 0 Å². The molecule has 0 heterocycles. The SMILES string of the molecule is C/C(=N\N)c1ccccc1N=[N+]=[N-]. The van der Waals surface area contributed by atoms with Crippen LogP contribution in [0.2, 0.25) is 0 Å². The molecule has 0 unspecified atom stereocenters. The molecule has 1 rings (SSSR count). The summed E-state index contributed by atoms with van der Waals surface area (Å²) in [6, 6.07) is 7.14. The Morgan fingerprint density at radius 3 is 2.77 bits per heavy atom. The van der Waals surface area contributed by atoms with Gasteiger partial charge in [-0.05, 0) is 12.5 Å². The Labute approximate surface area is 75.5 Å². The maximum atomic E-state index is 8.29. The zero-order valence-corrected chi connectivity index (χ0v) is 7.18. The van der Waals surface area contributed by atoms with Crippen molar-refractivity contribution in [1.29, 1.82) is 0 Å². The molecule has 2 N–H and O–H groups in total. The molecule has 0 aliphatic heterocycles. The van der Waals surface area contributed by atoms with Crippen molar-refractivity contribution < 1.29 is 0 Å². The van der Waals surface area contributed by atoms with Crippen LogP contribution in [-0.4, -0.2) is 5.71 Å². The van der Waals surface area contributed by atoms with Crippen molar-refractivity contribution in [2.75, 3.05) is 0 Å². The lowest BCUT2D eigenvalue weighted by Gasteiger charge is -2.01. The normalized spacial score (nSPS) is 10.7. The van der Waals surface area contributed by atoms with E-state index < -0.39 is 0 Å². The Balaban J connectivity index is 3.27. The van der Waals surface area contributed by atoms with Gasteiger partial charge in [-0.3, -0.25) is 0 Å². The quantitative estimate of drug-likeness (QED) is 0.183. The fraction of sp³-hybridized carbons (Fsp3) is 0.125. The van der Waals surface area contributed by atoms with Crippen LogP contribution in [0.4, 0.5) is 5.69 Å². The molecular weight excluding hydrogens is 166 g/mol. The van der Waals surface area contributed by atoms with Gasteiger partial charge in [0, 0.05) is 16.2 Å². The lowest BCUT2D eigenvalue weighted by molar-refractivity contribution is 1.23. The van der Waals surface area contributed by atoms with Gasteiger partial charge in [0.05, 0.1) is 5.71 Å². The average molecular weight is 175 g/mol. The summed E-state index contributed by atoms with van der Waals surface area (Å²) in [5, 5.41) is 7.05. The van der Waals surface area contributed by atoms with Gasteiger partial charge in [-0.1, -0.05) is 29.4 Å². The first-order valence-electron chi connectivity index (χ1n) is 3.68. The molecule has 0 atom stereocenters. The Morgan fingerprint density at radius 1 is 1.46 bits per heavy atom. The summed E-state index contributed by atoms with van der Waals surface area (Å²) in [6.07, 6.45) is 0. The number of benzene rings is 1. The van der Waals surface area contributed by atoms with E-state index in [4.69, 9.17) is 11.4 Å². The van der Waals surface area contributed by atoms with E-state index in [-0.39, 0.29) is 0 Å². The average Bonchev–Trinajstić information content (AvgIpc) is 2.18. The lowest BCUT2D eigenvalue weighted by Crippen LogP contribution is -1.98. The van der Waals surface area contributed by atoms with Crippen molar-refractivity contribution in [1.82, 2.24) is 0 Å². The van der Waals surface area contributed by atoms with Crippen LogP contribution in [0.1, 0.15) is 12.5 Å². The second-order valence-corrected chi connectivity index (χ2v) is 2.42. The smallest absolute Gasteiger partial charge is 0.0646 e. The molecule has 13 heavy (non-hydrogen) atoms. The highest BCUT2D eigenvalue weighted by Gasteiger charge is 2.01. The predicted molar refractivity (Wildman–Crippen MR) is 51.6 cm³/mol. The largest absolute Gasteiger partial charge is 0.323 e. The molecule has 1 aromatic carbocycles. The summed E-state index contributed by atoms with van der Waals surface area (Å²) < 4.78 is 0. The molecule has 0 spiro atoms. The molecule has 0 saturated heterocycles. The Morgan fingerprint density at radius 2 is 2.15 bits per heavy atom. The number of hydrazone groups is 1. The monoisotopic (exact) mass is 175 g/mol. The van der Waals surface area contributed by atoms with E-state index in [0.717, 1.165) is 5.56 Å². The summed E-state index contributed by atoms with van der Waals surface area (Å²) in [7, 11) is 0. The second kappa shape index (κ2) is 4.13. The van der Waals surface area contributed by atoms with Crippen LogP contribution in [0, 0.1) is 0 Å². The van der Waals surface area contributed by atoms with Crippen molar-refractivity contribution in [3.63, 3.8) is 0 Å². The van der Waals surface area contributed by atoms with Crippen molar-refractivity contribution in [2.45, 2.75) is 6.92 Å². The van der Waals surface area contributed by atoms with Gasteiger partial charge < -0.3 is 5.84 Å².